The Morgan fingerprint density at radius 3 is 2.44 bits per heavy atom. The maximum atomic E-state index is 12.3. The number of hydrazone groups is 1. The Morgan fingerprint density at radius 2 is 1.72 bits per heavy atom. The number of ether oxygens (including phenoxy) is 3. The van der Waals surface area contributed by atoms with Gasteiger partial charge in [-0.3, -0.25) is 4.79 Å². The molecule has 0 unspecified atom stereocenters. The minimum Gasteiger partial charge on any atom is -0.490 e. The largest absolute Gasteiger partial charge is 0.490 e. The van der Waals surface area contributed by atoms with Gasteiger partial charge in [-0.2, -0.15) is 5.10 Å². The van der Waals surface area contributed by atoms with Crippen LogP contribution in [0.3, 0.4) is 0 Å². The third kappa shape index (κ3) is 6.85. The van der Waals surface area contributed by atoms with E-state index in [0.717, 1.165) is 0 Å². The van der Waals surface area contributed by atoms with Gasteiger partial charge in [0, 0.05) is 5.02 Å². The monoisotopic (exact) mass is 452 g/mol. The molecule has 3 aromatic rings. The van der Waals surface area contributed by atoms with Gasteiger partial charge in [0.15, 0.2) is 18.1 Å². The summed E-state index contributed by atoms with van der Waals surface area (Å²) in [6.07, 6.45) is 1.45. The van der Waals surface area contributed by atoms with Gasteiger partial charge in [-0.05, 0) is 67.1 Å². The average molecular weight is 453 g/mol. The van der Waals surface area contributed by atoms with E-state index in [0.29, 0.717) is 40.0 Å². The predicted octanol–water partition coefficient (Wildman–Crippen LogP) is 4.49. The van der Waals surface area contributed by atoms with Crippen molar-refractivity contribution in [2.75, 3.05) is 13.2 Å². The molecule has 0 atom stereocenters. The van der Waals surface area contributed by atoms with Crippen molar-refractivity contribution < 1.29 is 23.8 Å². The molecule has 1 amide bonds. The van der Waals surface area contributed by atoms with E-state index < -0.39 is 11.9 Å². The number of hydrogen-bond acceptors (Lipinski definition) is 6. The zero-order valence-corrected chi connectivity index (χ0v) is 18.0. The first-order valence-electron chi connectivity index (χ1n) is 9.79. The first-order valence-corrected chi connectivity index (χ1v) is 10.2. The number of benzene rings is 3. The van der Waals surface area contributed by atoms with Crippen LogP contribution < -0.4 is 19.6 Å². The fraction of sp³-hybridized carbons (Fsp3) is 0.125. The maximum Gasteiger partial charge on any atom is 0.343 e. The Morgan fingerprint density at radius 1 is 0.969 bits per heavy atom. The Balaban J connectivity index is 1.58. The zero-order valence-electron chi connectivity index (χ0n) is 17.3. The molecule has 0 aliphatic carbocycles. The molecule has 0 fully saturated rings. The number of esters is 1. The van der Waals surface area contributed by atoms with Crippen molar-refractivity contribution in [3.63, 3.8) is 0 Å². The lowest BCUT2D eigenvalue weighted by Crippen LogP contribution is -2.24. The number of carbonyl (C=O) groups is 2. The Bertz CT molecular complexity index is 1090. The molecule has 7 nitrogen and oxygen atoms in total. The van der Waals surface area contributed by atoms with Gasteiger partial charge in [0.25, 0.3) is 5.91 Å². The van der Waals surface area contributed by atoms with E-state index >= 15 is 0 Å². The fourth-order valence-corrected chi connectivity index (χ4v) is 2.71. The van der Waals surface area contributed by atoms with E-state index in [1.165, 1.54) is 6.21 Å². The van der Waals surface area contributed by atoms with E-state index in [1.807, 2.05) is 13.0 Å². The lowest BCUT2D eigenvalue weighted by Gasteiger charge is -2.11. The molecule has 0 aromatic heterocycles. The number of rotatable bonds is 9. The van der Waals surface area contributed by atoms with E-state index in [2.05, 4.69) is 10.5 Å². The molecule has 0 aliphatic heterocycles. The summed E-state index contributed by atoms with van der Waals surface area (Å²) in [6.45, 7) is 2.01. The summed E-state index contributed by atoms with van der Waals surface area (Å²) >= 11 is 5.81. The van der Waals surface area contributed by atoms with Crippen LogP contribution in [0.4, 0.5) is 0 Å². The summed E-state index contributed by atoms with van der Waals surface area (Å²) in [5.41, 5.74) is 3.47. The van der Waals surface area contributed by atoms with Crippen LogP contribution in [0.15, 0.2) is 77.9 Å². The highest BCUT2D eigenvalue weighted by atomic mass is 35.5. The van der Waals surface area contributed by atoms with Gasteiger partial charge in [-0.15, -0.1) is 0 Å². The molecule has 8 heteroatoms. The molecule has 3 rings (SSSR count). The van der Waals surface area contributed by atoms with Crippen LogP contribution in [0.1, 0.15) is 22.8 Å². The molecular formula is C24H21ClN2O5. The quantitative estimate of drug-likeness (QED) is 0.224. The Hall–Kier alpha value is -3.84. The molecular weight excluding hydrogens is 432 g/mol. The molecule has 3 aromatic carbocycles. The number of hydrogen-bond donors (Lipinski definition) is 1. The molecule has 0 saturated heterocycles. The van der Waals surface area contributed by atoms with Crippen molar-refractivity contribution >= 4 is 29.7 Å². The maximum absolute atomic E-state index is 12.3. The molecule has 0 saturated carbocycles. The second-order valence-corrected chi connectivity index (χ2v) is 6.87. The van der Waals surface area contributed by atoms with Crippen LogP contribution >= 0.6 is 11.6 Å². The number of nitrogens with zero attached hydrogens (tertiary/aromatic N) is 1. The summed E-state index contributed by atoms with van der Waals surface area (Å²) in [5.74, 6) is 0.294. The molecule has 0 bridgehead atoms. The molecule has 0 radical (unpaired) electrons. The summed E-state index contributed by atoms with van der Waals surface area (Å²) in [6, 6.07) is 20.3. The lowest BCUT2D eigenvalue weighted by molar-refractivity contribution is -0.123. The van der Waals surface area contributed by atoms with Crippen molar-refractivity contribution in [3.8, 4) is 17.2 Å². The summed E-state index contributed by atoms with van der Waals surface area (Å²) in [4.78, 5) is 24.2. The third-order valence-electron chi connectivity index (χ3n) is 4.07. The lowest BCUT2D eigenvalue weighted by atomic mass is 10.2. The summed E-state index contributed by atoms with van der Waals surface area (Å²) < 4.78 is 16.4. The van der Waals surface area contributed by atoms with Gasteiger partial charge in [0.1, 0.15) is 5.75 Å². The standard InChI is InChI=1S/C24H21ClN2O5/c1-2-30-22-14-17(8-13-21(22)32-24(29)18-6-4-3-5-7-18)15-26-27-23(28)16-31-20-11-9-19(25)10-12-20/h3-15H,2,16H2,1H3,(H,27,28). The number of amides is 1. The van der Waals surface area contributed by atoms with Crippen molar-refractivity contribution in [1.29, 1.82) is 0 Å². The van der Waals surface area contributed by atoms with Crippen molar-refractivity contribution in [2.45, 2.75) is 6.92 Å². The fourth-order valence-electron chi connectivity index (χ4n) is 2.58. The van der Waals surface area contributed by atoms with Crippen LogP contribution in [0.5, 0.6) is 17.2 Å². The molecule has 0 spiro atoms. The van der Waals surface area contributed by atoms with Crippen LogP contribution in [-0.4, -0.2) is 31.3 Å². The van der Waals surface area contributed by atoms with Gasteiger partial charge < -0.3 is 14.2 Å². The number of halogens is 1. The van der Waals surface area contributed by atoms with E-state index in [9.17, 15) is 9.59 Å². The van der Waals surface area contributed by atoms with Crippen molar-refractivity contribution in [2.24, 2.45) is 5.10 Å². The third-order valence-corrected chi connectivity index (χ3v) is 4.32. The van der Waals surface area contributed by atoms with E-state index in [1.54, 1.807) is 66.7 Å². The zero-order chi connectivity index (χ0) is 22.8. The smallest absolute Gasteiger partial charge is 0.343 e. The molecule has 0 aliphatic rings. The highest BCUT2D eigenvalue weighted by molar-refractivity contribution is 6.30. The number of carbonyl (C=O) groups excluding carboxylic acids is 2. The minimum absolute atomic E-state index is 0.197. The second kappa shape index (κ2) is 11.5. The van der Waals surface area contributed by atoms with Gasteiger partial charge in [0.05, 0.1) is 18.4 Å². The van der Waals surface area contributed by atoms with E-state index in [4.69, 9.17) is 25.8 Å². The SMILES string of the molecule is CCOc1cc(C=NNC(=O)COc2ccc(Cl)cc2)ccc1OC(=O)c1ccccc1. The van der Waals surface area contributed by atoms with Gasteiger partial charge >= 0.3 is 5.97 Å². The first kappa shape index (κ1) is 22.8. The first-order chi connectivity index (χ1) is 15.5. The second-order valence-electron chi connectivity index (χ2n) is 6.43. The van der Waals surface area contributed by atoms with Crippen molar-refractivity contribution in [1.82, 2.24) is 5.43 Å². The van der Waals surface area contributed by atoms with Gasteiger partial charge in [-0.1, -0.05) is 29.8 Å². The van der Waals surface area contributed by atoms with Crippen molar-refractivity contribution in [3.05, 3.63) is 88.9 Å². The van der Waals surface area contributed by atoms with Crippen LogP contribution in [0.25, 0.3) is 0 Å². The Kier molecular flexibility index (Phi) is 8.22. The topological polar surface area (TPSA) is 86.2 Å². The predicted molar refractivity (Wildman–Crippen MR) is 122 cm³/mol. The summed E-state index contributed by atoms with van der Waals surface area (Å²) in [5, 5.41) is 4.50. The molecule has 32 heavy (non-hydrogen) atoms. The van der Waals surface area contributed by atoms with Crippen LogP contribution in [0.2, 0.25) is 5.02 Å². The average Bonchev–Trinajstić information content (AvgIpc) is 2.81. The molecule has 0 heterocycles. The summed E-state index contributed by atoms with van der Waals surface area (Å²) in [7, 11) is 0. The Labute approximate surface area is 190 Å². The van der Waals surface area contributed by atoms with Crippen LogP contribution in [-0.2, 0) is 4.79 Å². The number of nitrogens with one attached hydrogen (secondary N) is 1. The highest BCUT2D eigenvalue weighted by Gasteiger charge is 2.13. The minimum atomic E-state index is -0.485. The van der Waals surface area contributed by atoms with E-state index in [-0.39, 0.29) is 6.61 Å². The van der Waals surface area contributed by atoms with Gasteiger partial charge in [0.2, 0.25) is 0 Å². The highest BCUT2D eigenvalue weighted by Crippen LogP contribution is 2.29. The van der Waals surface area contributed by atoms with Crippen LogP contribution in [0, 0.1) is 0 Å². The normalized spacial score (nSPS) is 10.6. The van der Waals surface area contributed by atoms with Gasteiger partial charge in [-0.25, -0.2) is 10.2 Å². The molecule has 1 N–H and O–H groups in total. The molecule has 164 valence electrons.